The number of nitrogens with one attached hydrogen (secondary N) is 1. The Hall–Kier alpha value is 0.132. The molecule has 0 spiro atoms. The van der Waals surface area contributed by atoms with E-state index in [4.69, 9.17) is 0 Å². The standard InChI is InChI=1S/C4H8NO.Re/c1-4(2)5-3-6;/h4H,1-2H3,(H,5,6);/q-1;. The van der Waals surface area contributed by atoms with E-state index in [1.165, 1.54) is 0 Å². The van der Waals surface area contributed by atoms with E-state index < -0.39 is 0 Å². The van der Waals surface area contributed by atoms with Gasteiger partial charge in [0, 0.05) is 20.4 Å². The van der Waals surface area contributed by atoms with Crippen molar-refractivity contribution in [2.24, 2.45) is 0 Å². The van der Waals surface area contributed by atoms with Crippen LogP contribution in [0.15, 0.2) is 0 Å². The number of hydrogen-bond donors (Lipinski definition) is 1. The first-order valence-electron chi connectivity index (χ1n) is 1.90. The van der Waals surface area contributed by atoms with Crippen molar-refractivity contribution in [2.75, 3.05) is 0 Å². The van der Waals surface area contributed by atoms with Gasteiger partial charge >= 0.3 is 0 Å². The van der Waals surface area contributed by atoms with E-state index in [1.54, 1.807) is 6.41 Å². The number of amides is 1. The molecule has 7 heavy (non-hydrogen) atoms. The minimum absolute atomic E-state index is 0. The normalized spacial score (nSPS) is 7.29. The van der Waals surface area contributed by atoms with Gasteiger partial charge < -0.3 is 10.1 Å². The van der Waals surface area contributed by atoms with Crippen LogP contribution in [0.4, 0.5) is 0 Å². The molecule has 2 nitrogen and oxygen atoms in total. The van der Waals surface area contributed by atoms with Gasteiger partial charge in [-0.25, -0.2) is 0 Å². The van der Waals surface area contributed by atoms with Gasteiger partial charge in [-0.2, -0.15) is 6.41 Å². The smallest absolute Gasteiger partial charge is 0 e. The summed E-state index contributed by atoms with van der Waals surface area (Å²) in [5, 5.41) is 2.40. The molecule has 0 aliphatic rings. The minimum atomic E-state index is 0. The van der Waals surface area contributed by atoms with E-state index in [-0.39, 0.29) is 26.5 Å². The Kier molecular flexibility index (Phi) is 8.92. The summed E-state index contributed by atoms with van der Waals surface area (Å²) in [6.07, 6.45) is 1.57. The fourth-order valence-electron chi connectivity index (χ4n) is 0.118. The topological polar surface area (TPSA) is 29.1 Å². The maximum atomic E-state index is 9.38. The fourth-order valence-corrected chi connectivity index (χ4v) is 0.118. The predicted octanol–water partition coefficient (Wildman–Crippen LogP) is 0.0491. The van der Waals surface area contributed by atoms with Gasteiger partial charge in [-0.05, 0) is 19.9 Å². The molecular weight excluding hydrogens is 264 g/mol. The minimum Gasteiger partial charge on any atom is -0.528 e. The van der Waals surface area contributed by atoms with Crippen molar-refractivity contribution >= 4 is 6.41 Å². The average molecular weight is 272 g/mol. The summed E-state index contributed by atoms with van der Waals surface area (Å²) >= 11 is 0. The predicted molar refractivity (Wildman–Crippen MR) is 24.0 cm³/mol. The molecule has 1 N–H and O–H groups in total. The molecule has 1 amide bonds. The molecule has 0 aliphatic heterocycles. The third-order valence-corrected chi connectivity index (χ3v) is 0.348. The molecule has 1 radical (unpaired) electrons. The van der Waals surface area contributed by atoms with Crippen molar-refractivity contribution < 1.29 is 25.2 Å². The summed E-state index contributed by atoms with van der Waals surface area (Å²) in [5.41, 5.74) is 0. The Labute approximate surface area is 57.3 Å². The zero-order valence-corrected chi connectivity index (χ0v) is 7.08. The van der Waals surface area contributed by atoms with E-state index in [9.17, 15) is 4.79 Å². The largest absolute Gasteiger partial charge is 0.528 e. The van der Waals surface area contributed by atoms with Gasteiger partial charge in [0.25, 0.3) is 0 Å². The zero-order valence-electron chi connectivity index (χ0n) is 4.36. The molecule has 0 aromatic carbocycles. The number of hydrogen-bond acceptors (Lipinski definition) is 1. The van der Waals surface area contributed by atoms with Crippen LogP contribution in [-0.2, 0) is 25.2 Å². The van der Waals surface area contributed by atoms with Crippen LogP contribution in [0.3, 0.4) is 0 Å². The van der Waals surface area contributed by atoms with Gasteiger partial charge in [0.1, 0.15) is 0 Å². The summed E-state index contributed by atoms with van der Waals surface area (Å²) < 4.78 is 0. The Morgan fingerprint density at radius 2 is 2.00 bits per heavy atom. The van der Waals surface area contributed by atoms with Crippen molar-refractivity contribution in [1.29, 1.82) is 0 Å². The molecule has 3 heteroatoms. The molecule has 0 saturated carbocycles. The monoisotopic (exact) mass is 273 g/mol. The molecule has 0 bridgehead atoms. The first-order valence-corrected chi connectivity index (χ1v) is 1.90. The third-order valence-electron chi connectivity index (χ3n) is 0.348. The van der Waals surface area contributed by atoms with Gasteiger partial charge in [0.2, 0.25) is 0 Å². The van der Waals surface area contributed by atoms with E-state index in [0.29, 0.717) is 0 Å². The Balaban J connectivity index is 0. The summed E-state index contributed by atoms with van der Waals surface area (Å²) in [4.78, 5) is 9.38. The molecule has 0 rings (SSSR count). The first-order chi connectivity index (χ1) is 2.77. The molecule has 0 aromatic heterocycles. The molecule has 0 fully saturated rings. The SMILES string of the molecule is CC(C)N[C-]=O.[Re]. The Bertz CT molecular complexity index is 47.0. The van der Waals surface area contributed by atoms with Crippen LogP contribution in [0.25, 0.3) is 0 Å². The second kappa shape index (κ2) is 6.13. The molecule has 0 heterocycles. The summed E-state index contributed by atoms with van der Waals surface area (Å²) in [6, 6.07) is 0.225. The Morgan fingerprint density at radius 1 is 1.57 bits per heavy atom. The van der Waals surface area contributed by atoms with Gasteiger partial charge in [-0.1, -0.05) is 0 Å². The van der Waals surface area contributed by atoms with Crippen LogP contribution in [-0.4, -0.2) is 12.5 Å². The van der Waals surface area contributed by atoms with Gasteiger partial charge in [0.15, 0.2) is 0 Å². The van der Waals surface area contributed by atoms with Crippen molar-refractivity contribution in [3.05, 3.63) is 0 Å². The van der Waals surface area contributed by atoms with Crippen LogP contribution in [0.1, 0.15) is 13.8 Å². The second-order valence-corrected chi connectivity index (χ2v) is 1.40. The average Bonchev–Trinajstić information content (AvgIpc) is 1.35. The van der Waals surface area contributed by atoms with Crippen molar-refractivity contribution in [1.82, 2.24) is 5.32 Å². The van der Waals surface area contributed by atoms with Gasteiger partial charge in [-0.15, -0.1) is 0 Å². The fraction of sp³-hybridized carbons (Fsp3) is 0.750. The van der Waals surface area contributed by atoms with E-state index >= 15 is 0 Å². The van der Waals surface area contributed by atoms with Gasteiger partial charge in [-0.3, -0.25) is 0 Å². The van der Waals surface area contributed by atoms with E-state index in [0.717, 1.165) is 0 Å². The summed E-state index contributed by atoms with van der Waals surface area (Å²) in [6.45, 7) is 3.76. The Morgan fingerprint density at radius 3 is 2.00 bits per heavy atom. The summed E-state index contributed by atoms with van der Waals surface area (Å²) in [5.74, 6) is 0. The third kappa shape index (κ3) is 10.7. The maximum absolute atomic E-state index is 9.38. The second-order valence-electron chi connectivity index (χ2n) is 1.40. The molecule has 0 saturated heterocycles. The van der Waals surface area contributed by atoms with Gasteiger partial charge in [0.05, 0.1) is 0 Å². The molecule has 43 valence electrons. The van der Waals surface area contributed by atoms with Crippen LogP contribution >= 0.6 is 0 Å². The molecular formula is C4H8NORe-. The molecule has 0 aliphatic carbocycles. The van der Waals surface area contributed by atoms with E-state index in [2.05, 4.69) is 5.32 Å². The molecule has 0 aromatic rings. The quantitative estimate of drug-likeness (QED) is 0.558. The maximum Gasteiger partial charge on any atom is 0 e. The summed E-state index contributed by atoms with van der Waals surface area (Å²) in [7, 11) is 0. The van der Waals surface area contributed by atoms with Crippen molar-refractivity contribution in [3.8, 4) is 0 Å². The van der Waals surface area contributed by atoms with Crippen LogP contribution in [0.2, 0.25) is 0 Å². The number of carbonyl (C=O) groups excluding carboxylic acids is 1. The number of rotatable bonds is 2. The van der Waals surface area contributed by atoms with Crippen LogP contribution < -0.4 is 5.32 Å². The molecule has 0 atom stereocenters. The first kappa shape index (κ1) is 10.2. The van der Waals surface area contributed by atoms with Crippen LogP contribution in [0.5, 0.6) is 0 Å². The van der Waals surface area contributed by atoms with E-state index in [1.807, 2.05) is 13.8 Å². The van der Waals surface area contributed by atoms with Crippen molar-refractivity contribution in [2.45, 2.75) is 19.9 Å². The molecule has 0 unspecified atom stereocenters. The van der Waals surface area contributed by atoms with Crippen molar-refractivity contribution in [3.63, 3.8) is 0 Å². The van der Waals surface area contributed by atoms with Crippen LogP contribution in [0, 0.1) is 0 Å². The zero-order chi connectivity index (χ0) is 4.99.